The van der Waals surface area contributed by atoms with Crippen molar-refractivity contribution in [3.05, 3.63) is 65.0 Å². The van der Waals surface area contributed by atoms with Crippen molar-refractivity contribution in [2.75, 3.05) is 10.6 Å². The third-order valence-electron chi connectivity index (χ3n) is 3.13. The van der Waals surface area contributed by atoms with E-state index in [1.54, 1.807) is 53.9 Å². The number of hydrogen-bond acceptors (Lipinski definition) is 5. The maximum absolute atomic E-state index is 12.1. The van der Waals surface area contributed by atoms with Crippen molar-refractivity contribution >= 4 is 34.4 Å². The van der Waals surface area contributed by atoms with E-state index in [2.05, 4.69) is 15.6 Å². The second-order valence-electron chi connectivity index (χ2n) is 4.88. The van der Waals surface area contributed by atoms with Crippen molar-refractivity contribution in [2.24, 2.45) is 0 Å². The Morgan fingerprint density at radius 1 is 1.13 bits per heavy atom. The number of thiophene rings is 1. The molecule has 0 saturated carbocycles. The predicted molar refractivity (Wildman–Crippen MR) is 92.3 cm³/mol. The largest absolute Gasteiger partial charge is 0.508 e. The highest BCUT2D eigenvalue weighted by atomic mass is 32.1. The Labute approximate surface area is 137 Å². The summed E-state index contributed by atoms with van der Waals surface area (Å²) in [5, 5.41) is 17.3. The Kier molecular flexibility index (Phi) is 4.54. The number of aromatic nitrogens is 1. The third kappa shape index (κ3) is 4.08. The number of carbonyl (C=O) groups is 1. The molecule has 0 bridgehead atoms. The fourth-order valence-corrected chi connectivity index (χ4v) is 2.76. The highest BCUT2D eigenvalue weighted by molar-refractivity contribution is 7.10. The molecule has 0 unspecified atom stereocenters. The van der Waals surface area contributed by atoms with E-state index in [-0.39, 0.29) is 11.7 Å². The lowest BCUT2D eigenvalue weighted by Gasteiger charge is -2.12. The molecule has 0 fully saturated rings. The number of benzene rings is 1. The predicted octanol–water partition coefficient (Wildman–Crippen LogP) is 3.77. The van der Waals surface area contributed by atoms with Gasteiger partial charge in [0.1, 0.15) is 5.75 Å². The molecule has 0 radical (unpaired) electrons. The second kappa shape index (κ2) is 6.93. The number of amides is 1. The van der Waals surface area contributed by atoms with Gasteiger partial charge in [-0.25, -0.2) is 4.98 Å². The van der Waals surface area contributed by atoms with Crippen molar-refractivity contribution in [2.45, 2.75) is 6.42 Å². The summed E-state index contributed by atoms with van der Waals surface area (Å²) in [4.78, 5) is 17.4. The first-order valence-electron chi connectivity index (χ1n) is 7.04. The molecular formula is C17H15N3O2S. The average Bonchev–Trinajstić information content (AvgIpc) is 3.04. The van der Waals surface area contributed by atoms with Crippen LogP contribution in [0.1, 0.15) is 4.88 Å². The lowest BCUT2D eigenvalue weighted by Crippen LogP contribution is -2.15. The summed E-state index contributed by atoms with van der Waals surface area (Å²) in [7, 11) is 0. The number of pyridine rings is 1. The number of nitrogens with one attached hydrogen (secondary N) is 2. The average molecular weight is 325 g/mol. The molecule has 23 heavy (non-hydrogen) atoms. The molecule has 1 aromatic carbocycles. The van der Waals surface area contributed by atoms with Gasteiger partial charge in [0, 0.05) is 16.8 Å². The van der Waals surface area contributed by atoms with E-state index < -0.39 is 0 Å². The van der Waals surface area contributed by atoms with Gasteiger partial charge in [-0.3, -0.25) is 4.79 Å². The topological polar surface area (TPSA) is 74.2 Å². The number of phenols is 1. The maximum atomic E-state index is 12.1. The highest BCUT2D eigenvalue weighted by Crippen LogP contribution is 2.24. The number of phenolic OH excluding ortho intramolecular Hbond substituents is 1. The standard InChI is InChI=1S/C17H15N3O2S/c21-13-7-5-12(6-8-13)19-17-15(4-1-9-18-17)20-16(22)11-14-3-2-10-23-14/h1-10,21H,11H2,(H,18,19)(H,20,22). The Bertz CT molecular complexity index is 786. The van der Waals surface area contributed by atoms with Crippen molar-refractivity contribution in [1.82, 2.24) is 4.98 Å². The minimum absolute atomic E-state index is 0.0887. The molecule has 5 nitrogen and oxygen atoms in total. The Balaban J connectivity index is 1.72. The van der Waals surface area contributed by atoms with Crippen LogP contribution in [0, 0.1) is 0 Å². The van der Waals surface area contributed by atoms with Gasteiger partial charge in [0.2, 0.25) is 5.91 Å². The monoisotopic (exact) mass is 325 g/mol. The summed E-state index contributed by atoms with van der Waals surface area (Å²) in [6, 6.07) is 14.1. The number of carbonyl (C=O) groups excluding carboxylic acids is 1. The quantitative estimate of drug-likeness (QED) is 0.624. The van der Waals surface area contributed by atoms with Crippen LogP contribution in [0.3, 0.4) is 0 Å². The van der Waals surface area contributed by atoms with Crippen LogP contribution in [0.4, 0.5) is 17.2 Å². The minimum atomic E-state index is -0.0887. The lowest BCUT2D eigenvalue weighted by molar-refractivity contribution is -0.115. The molecule has 116 valence electrons. The molecule has 0 spiro atoms. The van der Waals surface area contributed by atoms with E-state index in [1.807, 2.05) is 17.5 Å². The van der Waals surface area contributed by atoms with Crippen molar-refractivity contribution in [1.29, 1.82) is 0 Å². The Morgan fingerprint density at radius 3 is 2.70 bits per heavy atom. The molecule has 0 aliphatic rings. The summed E-state index contributed by atoms with van der Waals surface area (Å²) in [5.74, 6) is 0.660. The molecule has 3 rings (SSSR count). The first kappa shape index (κ1) is 15.1. The van der Waals surface area contributed by atoms with E-state index in [4.69, 9.17) is 0 Å². The van der Waals surface area contributed by atoms with Crippen molar-refractivity contribution in [3.63, 3.8) is 0 Å². The Morgan fingerprint density at radius 2 is 1.96 bits per heavy atom. The summed E-state index contributed by atoms with van der Waals surface area (Å²) in [5.41, 5.74) is 1.39. The van der Waals surface area contributed by atoms with Crippen molar-refractivity contribution < 1.29 is 9.90 Å². The van der Waals surface area contributed by atoms with E-state index in [0.717, 1.165) is 10.6 Å². The van der Waals surface area contributed by atoms with Gasteiger partial charge in [-0.1, -0.05) is 6.07 Å². The number of aromatic hydroxyl groups is 1. The van der Waals surface area contributed by atoms with E-state index in [9.17, 15) is 9.90 Å². The molecule has 3 aromatic rings. The maximum Gasteiger partial charge on any atom is 0.229 e. The molecule has 3 N–H and O–H groups in total. The molecule has 0 aliphatic carbocycles. The number of hydrogen-bond donors (Lipinski definition) is 3. The first-order valence-corrected chi connectivity index (χ1v) is 7.92. The van der Waals surface area contributed by atoms with Crippen molar-refractivity contribution in [3.8, 4) is 5.75 Å². The molecule has 1 amide bonds. The smallest absolute Gasteiger partial charge is 0.229 e. The van der Waals surface area contributed by atoms with Crippen LogP contribution in [0.25, 0.3) is 0 Å². The van der Waals surface area contributed by atoms with E-state index in [1.165, 1.54) is 0 Å². The molecular weight excluding hydrogens is 310 g/mol. The second-order valence-corrected chi connectivity index (χ2v) is 5.91. The zero-order valence-corrected chi connectivity index (χ0v) is 13.0. The number of nitrogens with zero attached hydrogens (tertiary/aromatic N) is 1. The fourth-order valence-electron chi connectivity index (χ4n) is 2.05. The van der Waals surface area contributed by atoms with Crippen LogP contribution < -0.4 is 10.6 Å². The summed E-state index contributed by atoms with van der Waals surface area (Å²) < 4.78 is 0. The van der Waals surface area contributed by atoms with Crippen LogP contribution in [-0.4, -0.2) is 16.0 Å². The molecule has 0 aliphatic heterocycles. The highest BCUT2D eigenvalue weighted by Gasteiger charge is 2.09. The summed E-state index contributed by atoms with van der Waals surface area (Å²) in [6.07, 6.45) is 1.99. The van der Waals surface area contributed by atoms with E-state index >= 15 is 0 Å². The minimum Gasteiger partial charge on any atom is -0.508 e. The van der Waals surface area contributed by atoms with Crippen LogP contribution in [-0.2, 0) is 11.2 Å². The van der Waals surface area contributed by atoms with Crippen LogP contribution in [0.2, 0.25) is 0 Å². The summed E-state index contributed by atoms with van der Waals surface area (Å²) in [6.45, 7) is 0. The van der Waals surface area contributed by atoms with Gasteiger partial charge in [-0.2, -0.15) is 0 Å². The molecule has 6 heteroatoms. The van der Waals surface area contributed by atoms with E-state index in [0.29, 0.717) is 17.9 Å². The normalized spacial score (nSPS) is 10.3. The molecule has 0 saturated heterocycles. The van der Waals surface area contributed by atoms with Gasteiger partial charge < -0.3 is 15.7 Å². The fraction of sp³-hybridized carbons (Fsp3) is 0.0588. The molecule has 2 heterocycles. The molecule has 2 aromatic heterocycles. The van der Waals surface area contributed by atoms with Gasteiger partial charge >= 0.3 is 0 Å². The lowest BCUT2D eigenvalue weighted by atomic mass is 10.3. The number of anilines is 3. The van der Waals surface area contributed by atoms with Gasteiger partial charge in [0.05, 0.1) is 12.1 Å². The van der Waals surface area contributed by atoms with Crippen LogP contribution >= 0.6 is 11.3 Å². The summed E-state index contributed by atoms with van der Waals surface area (Å²) >= 11 is 1.55. The Hall–Kier alpha value is -2.86. The van der Waals surface area contributed by atoms with Gasteiger partial charge in [-0.05, 0) is 47.8 Å². The first-order chi connectivity index (χ1) is 11.2. The zero-order valence-electron chi connectivity index (χ0n) is 12.2. The van der Waals surface area contributed by atoms with Gasteiger partial charge in [0.25, 0.3) is 0 Å². The third-order valence-corrected chi connectivity index (χ3v) is 4.00. The number of rotatable bonds is 5. The van der Waals surface area contributed by atoms with Crippen LogP contribution in [0.15, 0.2) is 60.1 Å². The van der Waals surface area contributed by atoms with Gasteiger partial charge in [0.15, 0.2) is 5.82 Å². The SMILES string of the molecule is O=C(Cc1cccs1)Nc1cccnc1Nc1ccc(O)cc1. The van der Waals surface area contributed by atoms with Gasteiger partial charge in [-0.15, -0.1) is 11.3 Å². The zero-order chi connectivity index (χ0) is 16.1. The molecule has 0 atom stereocenters. The van der Waals surface area contributed by atoms with Crippen LogP contribution in [0.5, 0.6) is 5.75 Å².